The summed E-state index contributed by atoms with van der Waals surface area (Å²) < 4.78 is 27.7. The molecule has 3 N–H and O–H groups in total. The maximum absolute atomic E-state index is 12.5. The average Bonchev–Trinajstić information content (AvgIpc) is 2.37. The van der Waals surface area contributed by atoms with E-state index in [1.807, 2.05) is 18.2 Å². The Morgan fingerprint density at radius 1 is 1.05 bits per heavy atom. The number of hydrogen-bond donors (Lipinski definition) is 2. The highest BCUT2D eigenvalue weighted by Gasteiger charge is 2.19. The van der Waals surface area contributed by atoms with Crippen LogP contribution in [0.4, 0.5) is 5.69 Å². The average molecular weight is 306 g/mol. The zero-order valence-electron chi connectivity index (χ0n) is 12.7. The molecule has 0 fully saturated rings. The molecule has 0 heterocycles. The number of nitrogens with two attached hydrogens (primary N) is 1. The third-order valence-electron chi connectivity index (χ3n) is 3.37. The van der Waals surface area contributed by atoms with E-state index < -0.39 is 10.0 Å². The van der Waals surface area contributed by atoms with Crippen LogP contribution in [0.5, 0.6) is 0 Å². The van der Waals surface area contributed by atoms with E-state index in [1.54, 1.807) is 18.2 Å². The summed E-state index contributed by atoms with van der Waals surface area (Å²) in [5.41, 5.74) is 6.58. The van der Waals surface area contributed by atoms with Crippen molar-refractivity contribution in [1.82, 2.24) is 4.72 Å². The lowest BCUT2D eigenvalue weighted by Crippen LogP contribution is -2.27. The van der Waals surface area contributed by atoms with Crippen LogP contribution in [0.25, 0.3) is 10.8 Å². The van der Waals surface area contributed by atoms with E-state index in [0.717, 1.165) is 11.8 Å². The molecule has 0 atom stereocenters. The van der Waals surface area contributed by atoms with Crippen LogP contribution in [0.2, 0.25) is 0 Å². The van der Waals surface area contributed by atoms with Crippen molar-refractivity contribution in [2.24, 2.45) is 5.41 Å². The third-order valence-corrected chi connectivity index (χ3v) is 4.89. The van der Waals surface area contributed by atoms with E-state index in [0.29, 0.717) is 17.6 Å². The maximum atomic E-state index is 12.5. The molecule has 0 saturated heterocycles. The summed E-state index contributed by atoms with van der Waals surface area (Å²) in [5.74, 6) is 0. The molecule has 2 aromatic rings. The van der Waals surface area contributed by atoms with Gasteiger partial charge in [0.25, 0.3) is 0 Å². The Bertz CT molecular complexity index is 746. The zero-order chi connectivity index (χ0) is 15.7. The first-order valence-electron chi connectivity index (χ1n) is 6.98. The molecule has 4 nitrogen and oxygen atoms in total. The summed E-state index contributed by atoms with van der Waals surface area (Å²) in [6.45, 7) is 6.67. The van der Waals surface area contributed by atoms with E-state index in [9.17, 15) is 8.42 Å². The number of sulfonamides is 1. The Morgan fingerprint density at radius 3 is 2.29 bits per heavy atom. The minimum absolute atomic E-state index is 0.0890. The fourth-order valence-corrected chi connectivity index (χ4v) is 3.41. The number of hydrogen-bond acceptors (Lipinski definition) is 3. The molecule has 0 radical (unpaired) electrons. The Hall–Kier alpha value is -1.59. The molecule has 21 heavy (non-hydrogen) atoms. The van der Waals surface area contributed by atoms with Gasteiger partial charge in [0.15, 0.2) is 0 Å². The number of benzene rings is 2. The molecule has 0 aliphatic rings. The number of anilines is 1. The molecule has 0 spiro atoms. The predicted octanol–water partition coefficient (Wildman–Crippen LogP) is 3.14. The van der Waals surface area contributed by atoms with Crippen LogP contribution in [0.3, 0.4) is 0 Å². The van der Waals surface area contributed by atoms with E-state index >= 15 is 0 Å². The van der Waals surface area contributed by atoms with Crippen molar-refractivity contribution in [2.45, 2.75) is 32.1 Å². The largest absolute Gasteiger partial charge is 0.398 e. The quantitative estimate of drug-likeness (QED) is 0.852. The highest BCUT2D eigenvalue weighted by atomic mass is 32.2. The van der Waals surface area contributed by atoms with Gasteiger partial charge < -0.3 is 5.73 Å². The lowest BCUT2D eigenvalue weighted by atomic mass is 9.93. The van der Waals surface area contributed by atoms with Crippen LogP contribution < -0.4 is 10.5 Å². The molecule has 0 amide bonds. The van der Waals surface area contributed by atoms with E-state index in [-0.39, 0.29) is 10.3 Å². The minimum Gasteiger partial charge on any atom is -0.398 e. The van der Waals surface area contributed by atoms with E-state index in [2.05, 4.69) is 25.5 Å². The van der Waals surface area contributed by atoms with Crippen molar-refractivity contribution in [3.05, 3.63) is 36.4 Å². The summed E-state index contributed by atoms with van der Waals surface area (Å²) in [6.07, 6.45) is 0.777. The Morgan fingerprint density at radius 2 is 1.67 bits per heavy atom. The van der Waals surface area contributed by atoms with Crippen molar-refractivity contribution < 1.29 is 8.42 Å². The summed E-state index contributed by atoms with van der Waals surface area (Å²) in [7, 11) is -3.53. The van der Waals surface area contributed by atoms with Gasteiger partial charge >= 0.3 is 0 Å². The molecule has 2 aromatic carbocycles. The lowest BCUT2D eigenvalue weighted by molar-refractivity contribution is 0.378. The number of fused-ring (bicyclic) bond motifs is 1. The first kappa shape index (κ1) is 15.8. The van der Waals surface area contributed by atoms with Crippen molar-refractivity contribution in [2.75, 3.05) is 12.3 Å². The van der Waals surface area contributed by atoms with Crippen LogP contribution >= 0.6 is 0 Å². The van der Waals surface area contributed by atoms with Crippen LogP contribution in [0, 0.1) is 5.41 Å². The van der Waals surface area contributed by atoms with Gasteiger partial charge in [-0.3, -0.25) is 0 Å². The summed E-state index contributed by atoms with van der Waals surface area (Å²) >= 11 is 0. The highest BCUT2D eigenvalue weighted by molar-refractivity contribution is 7.89. The monoisotopic (exact) mass is 306 g/mol. The van der Waals surface area contributed by atoms with Crippen molar-refractivity contribution in [3.8, 4) is 0 Å². The van der Waals surface area contributed by atoms with Gasteiger partial charge in [-0.25, -0.2) is 13.1 Å². The summed E-state index contributed by atoms with van der Waals surface area (Å²) in [5, 5.41) is 1.41. The normalized spacial score (nSPS) is 12.7. The second-order valence-electron chi connectivity index (χ2n) is 6.41. The van der Waals surface area contributed by atoms with Gasteiger partial charge in [0.1, 0.15) is 0 Å². The topological polar surface area (TPSA) is 72.2 Å². The van der Waals surface area contributed by atoms with Crippen molar-refractivity contribution in [1.29, 1.82) is 0 Å². The number of nitrogen functional groups attached to an aromatic ring is 1. The standard InChI is InChI=1S/C16H22N2O2S/c1-16(2,3)10-11-18-21(19,20)15-9-8-14(17)12-6-4-5-7-13(12)15/h4-9,18H,10-11,17H2,1-3H3. The molecular weight excluding hydrogens is 284 g/mol. The Labute approximate surface area is 126 Å². The minimum atomic E-state index is -3.53. The van der Waals surface area contributed by atoms with Crippen molar-refractivity contribution >= 4 is 26.5 Å². The van der Waals surface area contributed by atoms with Gasteiger partial charge in [-0.15, -0.1) is 0 Å². The Kier molecular flexibility index (Phi) is 4.25. The molecule has 114 valence electrons. The van der Waals surface area contributed by atoms with Gasteiger partial charge in [-0.2, -0.15) is 0 Å². The summed E-state index contributed by atoms with van der Waals surface area (Å²) in [4.78, 5) is 0.279. The Balaban J connectivity index is 2.35. The second-order valence-corrected chi connectivity index (χ2v) is 8.14. The van der Waals surface area contributed by atoms with Gasteiger partial charge in [-0.05, 0) is 24.0 Å². The third kappa shape index (κ3) is 3.74. The van der Waals surface area contributed by atoms with Gasteiger partial charge in [0, 0.05) is 23.0 Å². The fraction of sp³-hybridized carbons (Fsp3) is 0.375. The van der Waals surface area contributed by atoms with Gasteiger partial charge in [-0.1, -0.05) is 45.0 Å². The first-order valence-corrected chi connectivity index (χ1v) is 8.46. The smallest absolute Gasteiger partial charge is 0.241 e. The van der Waals surface area contributed by atoms with Crippen LogP contribution in [-0.2, 0) is 10.0 Å². The molecule has 0 aliphatic heterocycles. The molecule has 0 bridgehead atoms. The molecule has 5 heteroatoms. The van der Waals surface area contributed by atoms with E-state index in [1.165, 1.54) is 0 Å². The molecule has 0 unspecified atom stereocenters. The van der Waals surface area contributed by atoms with Crippen LogP contribution in [0.1, 0.15) is 27.2 Å². The number of rotatable bonds is 4. The lowest BCUT2D eigenvalue weighted by Gasteiger charge is -2.18. The van der Waals surface area contributed by atoms with Crippen LogP contribution in [-0.4, -0.2) is 15.0 Å². The number of nitrogens with one attached hydrogen (secondary N) is 1. The molecule has 0 aromatic heterocycles. The summed E-state index contributed by atoms with van der Waals surface area (Å²) in [6, 6.07) is 10.5. The zero-order valence-corrected chi connectivity index (χ0v) is 13.5. The van der Waals surface area contributed by atoms with Crippen LogP contribution in [0.15, 0.2) is 41.3 Å². The van der Waals surface area contributed by atoms with E-state index in [4.69, 9.17) is 5.73 Å². The maximum Gasteiger partial charge on any atom is 0.241 e. The highest BCUT2D eigenvalue weighted by Crippen LogP contribution is 2.27. The molecule has 0 saturated carbocycles. The first-order chi connectivity index (χ1) is 9.71. The molecule has 2 rings (SSSR count). The SMILES string of the molecule is CC(C)(C)CCNS(=O)(=O)c1ccc(N)c2ccccc12. The fourth-order valence-electron chi connectivity index (χ4n) is 2.17. The molecule has 0 aliphatic carbocycles. The molecular formula is C16H22N2O2S. The predicted molar refractivity (Wildman–Crippen MR) is 87.6 cm³/mol. The van der Waals surface area contributed by atoms with Gasteiger partial charge in [0.2, 0.25) is 10.0 Å². The van der Waals surface area contributed by atoms with Gasteiger partial charge in [0.05, 0.1) is 4.90 Å². The van der Waals surface area contributed by atoms with Crippen molar-refractivity contribution in [3.63, 3.8) is 0 Å². The second kappa shape index (κ2) is 5.66.